The molecule has 1 atom stereocenters. The zero-order chi connectivity index (χ0) is 16.3. The lowest BCUT2D eigenvalue weighted by molar-refractivity contribution is 0.271. The zero-order valence-corrected chi connectivity index (χ0v) is 13.1. The number of fused-ring (bicyclic) bond motifs is 3. The maximum Gasteiger partial charge on any atom is 0.200 e. The molecule has 0 radical (unpaired) electrons. The van der Waals surface area contributed by atoms with Crippen molar-refractivity contribution in [1.82, 2.24) is 4.57 Å². The van der Waals surface area contributed by atoms with E-state index in [9.17, 15) is 9.90 Å². The highest BCUT2D eigenvalue weighted by Crippen LogP contribution is 2.41. The first-order chi connectivity index (χ1) is 11.0. The summed E-state index contributed by atoms with van der Waals surface area (Å²) in [5.74, 6) is 0.667. The lowest BCUT2D eigenvalue weighted by Gasteiger charge is -2.13. The van der Waals surface area contributed by atoms with E-state index in [-0.39, 0.29) is 17.3 Å². The quantitative estimate of drug-likeness (QED) is 0.554. The van der Waals surface area contributed by atoms with Crippen LogP contribution < -0.4 is 10.2 Å². The second-order valence-electron chi connectivity index (χ2n) is 6.16. The molecule has 4 heteroatoms. The topological polar surface area (TPSA) is 51.5 Å². The van der Waals surface area contributed by atoms with E-state index in [1.165, 1.54) is 0 Å². The van der Waals surface area contributed by atoms with E-state index in [1.807, 2.05) is 42.8 Å². The summed E-state index contributed by atoms with van der Waals surface area (Å²) in [4.78, 5) is 12.8. The third-order valence-corrected chi connectivity index (χ3v) is 4.65. The van der Waals surface area contributed by atoms with Crippen LogP contribution in [0.25, 0.3) is 21.8 Å². The summed E-state index contributed by atoms with van der Waals surface area (Å²) in [6.07, 6.45) is 0.394. The predicted molar refractivity (Wildman–Crippen MR) is 91.3 cm³/mol. The fourth-order valence-electron chi connectivity index (χ4n) is 3.34. The number of aryl methyl sites for hydroxylation is 1. The Morgan fingerprint density at radius 1 is 1.35 bits per heavy atom. The Labute approximate surface area is 133 Å². The van der Waals surface area contributed by atoms with Crippen LogP contribution in [0.15, 0.2) is 47.3 Å². The SMILES string of the molecule is C=C(C)[C@H]1Cc2c(cc3c(c2O)c(=O)c2ccccc2n3C)O1. The molecule has 0 spiro atoms. The van der Waals surface area contributed by atoms with Crippen LogP contribution in [-0.2, 0) is 13.5 Å². The van der Waals surface area contributed by atoms with Gasteiger partial charge >= 0.3 is 0 Å². The van der Waals surface area contributed by atoms with E-state index in [0.29, 0.717) is 34.0 Å². The Kier molecular flexibility index (Phi) is 2.79. The van der Waals surface area contributed by atoms with Crippen LogP contribution >= 0.6 is 0 Å². The molecule has 4 rings (SSSR count). The van der Waals surface area contributed by atoms with E-state index in [1.54, 1.807) is 6.07 Å². The fraction of sp³-hybridized carbons (Fsp3) is 0.211. The largest absolute Gasteiger partial charge is 0.507 e. The number of para-hydroxylation sites is 1. The Morgan fingerprint density at radius 3 is 2.83 bits per heavy atom. The molecule has 1 aliphatic rings. The number of nitrogens with zero attached hydrogens (tertiary/aromatic N) is 1. The number of aromatic hydroxyl groups is 1. The van der Waals surface area contributed by atoms with E-state index >= 15 is 0 Å². The number of benzene rings is 2. The van der Waals surface area contributed by atoms with Crippen molar-refractivity contribution in [1.29, 1.82) is 0 Å². The normalized spacial score (nSPS) is 16.5. The van der Waals surface area contributed by atoms with Crippen molar-refractivity contribution in [3.8, 4) is 11.5 Å². The van der Waals surface area contributed by atoms with Gasteiger partial charge in [-0.05, 0) is 24.6 Å². The van der Waals surface area contributed by atoms with Crippen LogP contribution in [0.4, 0.5) is 0 Å². The van der Waals surface area contributed by atoms with Gasteiger partial charge < -0.3 is 14.4 Å². The molecule has 1 aromatic heterocycles. The zero-order valence-electron chi connectivity index (χ0n) is 13.1. The molecule has 23 heavy (non-hydrogen) atoms. The van der Waals surface area contributed by atoms with Gasteiger partial charge in [0.15, 0.2) is 0 Å². The van der Waals surface area contributed by atoms with Crippen LogP contribution in [0.3, 0.4) is 0 Å². The second kappa shape index (κ2) is 4.62. The van der Waals surface area contributed by atoms with E-state index < -0.39 is 0 Å². The molecule has 0 aliphatic carbocycles. The van der Waals surface area contributed by atoms with Crippen LogP contribution in [0.2, 0.25) is 0 Å². The molecule has 1 N–H and O–H groups in total. The first-order valence-electron chi connectivity index (χ1n) is 7.57. The third kappa shape index (κ3) is 1.81. The number of phenolic OH excluding ortho intramolecular Hbond substituents is 1. The first-order valence-corrected chi connectivity index (χ1v) is 7.57. The van der Waals surface area contributed by atoms with Gasteiger partial charge in [0.05, 0.1) is 16.4 Å². The Morgan fingerprint density at radius 2 is 2.09 bits per heavy atom. The number of aromatic nitrogens is 1. The summed E-state index contributed by atoms with van der Waals surface area (Å²) in [6, 6.07) is 9.27. The van der Waals surface area contributed by atoms with Crippen molar-refractivity contribution in [2.24, 2.45) is 7.05 Å². The summed E-state index contributed by atoms with van der Waals surface area (Å²) >= 11 is 0. The molecule has 0 saturated heterocycles. The summed E-state index contributed by atoms with van der Waals surface area (Å²) in [5, 5.41) is 11.7. The molecule has 3 aromatic rings. The minimum Gasteiger partial charge on any atom is -0.507 e. The van der Waals surface area contributed by atoms with Gasteiger partial charge in [0.1, 0.15) is 17.6 Å². The van der Waals surface area contributed by atoms with Gasteiger partial charge in [-0.3, -0.25) is 4.79 Å². The number of ether oxygens (including phenoxy) is 1. The first kappa shape index (κ1) is 13.9. The minimum atomic E-state index is -0.150. The van der Waals surface area contributed by atoms with Gasteiger partial charge in [0.25, 0.3) is 0 Å². The van der Waals surface area contributed by atoms with Gasteiger partial charge in [-0.15, -0.1) is 0 Å². The Bertz CT molecular complexity index is 1050. The van der Waals surface area contributed by atoms with Crippen molar-refractivity contribution in [3.05, 3.63) is 58.3 Å². The van der Waals surface area contributed by atoms with Crippen molar-refractivity contribution in [2.45, 2.75) is 19.4 Å². The van der Waals surface area contributed by atoms with Crippen molar-refractivity contribution >= 4 is 21.8 Å². The lowest BCUT2D eigenvalue weighted by atomic mass is 10.0. The number of phenols is 1. The van der Waals surface area contributed by atoms with Crippen molar-refractivity contribution in [3.63, 3.8) is 0 Å². The maximum absolute atomic E-state index is 12.8. The van der Waals surface area contributed by atoms with E-state index in [4.69, 9.17) is 4.74 Å². The number of rotatable bonds is 1. The van der Waals surface area contributed by atoms with E-state index in [0.717, 1.165) is 11.1 Å². The number of hydrogen-bond acceptors (Lipinski definition) is 3. The van der Waals surface area contributed by atoms with Gasteiger partial charge in [-0.2, -0.15) is 0 Å². The molecule has 2 heterocycles. The molecule has 2 aromatic carbocycles. The predicted octanol–water partition coefficient (Wildman–Crippen LogP) is 3.28. The highest BCUT2D eigenvalue weighted by molar-refractivity contribution is 5.98. The highest BCUT2D eigenvalue weighted by atomic mass is 16.5. The Hall–Kier alpha value is -2.75. The van der Waals surface area contributed by atoms with Gasteiger partial charge in [0.2, 0.25) is 5.43 Å². The molecule has 0 unspecified atom stereocenters. The smallest absolute Gasteiger partial charge is 0.200 e. The van der Waals surface area contributed by atoms with Crippen LogP contribution in [-0.4, -0.2) is 15.8 Å². The summed E-state index contributed by atoms with van der Waals surface area (Å²) in [7, 11) is 1.89. The van der Waals surface area contributed by atoms with E-state index in [2.05, 4.69) is 6.58 Å². The maximum atomic E-state index is 12.8. The van der Waals surface area contributed by atoms with Gasteiger partial charge in [-0.1, -0.05) is 18.7 Å². The molecule has 116 valence electrons. The van der Waals surface area contributed by atoms with Crippen molar-refractivity contribution < 1.29 is 9.84 Å². The van der Waals surface area contributed by atoms with Crippen LogP contribution in [0, 0.1) is 0 Å². The highest BCUT2D eigenvalue weighted by Gasteiger charge is 2.29. The molecule has 0 bridgehead atoms. The second-order valence-corrected chi connectivity index (χ2v) is 6.16. The summed E-state index contributed by atoms with van der Waals surface area (Å²) in [5.41, 5.74) is 2.96. The molecule has 1 aliphatic heterocycles. The average molecular weight is 307 g/mol. The molecular weight excluding hydrogens is 290 g/mol. The van der Waals surface area contributed by atoms with Crippen LogP contribution in [0.1, 0.15) is 12.5 Å². The number of pyridine rings is 1. The fourth-order valence-corrected chi connectivity index (χ4v) is 3.34. The standard InChI is InChI=1S/C19H17NO3/c1-10(2)15-8-12-16(23-15)9-14-17(19(12)22)18(21)11-6-4-5-7-13(11)20(14)3/h4-7,9,15,22H,1,8H2,2-3H3/t15-/m1/s1. The Balaban J connectivity index is 2.14. The monoisotopic (exact) mass is 307 g/mol. The minimum absolute atomic E-state index is 0.0348. The van der Waals surface area contributed by atoms with Gasteiger partial charge in [0, 0.05) is 30.5 Å². The third-order valence-electron chi connectivity index (χ3n) is 4.65. The summed E-state index contributed by atoms with van der Waals surface area (Å²) < 4.78 is 7.81. The number of hydrogen-bond donors (Lipinski definition) is 1. The molecule has 0 fully saturated rings. The molecular formula is C19H17NO3. The lowest BCUT2D eigenvalue weighted by Crippen LogP contribution is -2.13. The van der Waals surface area contributed by atoms with Crippen LogP contribution in [0.5, 0.6) is 11.5 Å². The van der Waals surface area contributed by atoms with Crippen molar-refractivity contribution in [2.75, 3.05) is 0 Å². The van der Waals surface area contributed by atoms with Gasteiger partial charge in [-0.25, -0.2) is 0 Å². The summed E-state index contributed by atoms with van der Waals surface area (Å²) in [6.45, 7) is 5.83. The molecule has 4 nitrogen and oxygen atoms in total. The molecule has 0 saturated carbocycles. The molecule has 0 amide bonds. The average Bonchev–Trinajstić information content (AvgIpc) is 2.97.